The summed E-state index contributed by atoms with van der Waals surface area (Å²) in [5, 5.41) is 10.5. The Balaban J connectivity index is 2.10. The van der Waals surface area contributed by atoms with Crippen LogP contribution in [0.5, 0.6) is 0 Å². The first-order chi connectivity index (χ1) is 10.8. The summed E-state index contributed by atoms with van der Waals surface area (Å²) in [7, 11) is 0. The van der Waals surface area contributed by atoms with Crippen molar-refractivity contribution in [2.24, 2.45) is 0 Å². The molecule has 2 aliphatic carbocycles. The largest absolute Gasteiger partial charge is 0.463 e. The number of aliphatic hydroxyl groups excluding tert-OH is 1. The second-order valence-corrected chi connectivity index (χ2v) is 7.17. The van der Waals surface area contributed by atoms with Crippen molar-refractivity contribution in [2.45, 2.75) is 45.1 Å². The van der Waals surface area contributed by atoms with E-state index in [1.807, 2.05) is 12.1 Å². The van der Waals surface area contributed by atoms with Gasteiger partial charge in [0.05, 0.1) is 17.9 Å². The van der Waals surface area contributed by atoms with Crippen LogP contribution in [0.3, 0.4) is 0 Å². The van der Waals surface area contributed by atoms with Gasteiger partial charge >= 0.3 is 0 Å². The summed E-state index contributed by atoms with van der Waals surface area (Å²) in [4.78, 5) is 25.3. The van der Waals surface area contributed by atoms with E-state index in [2.05, 4.69) is 13.8 Å². The number of aliphatic hydroxyl groups is 1. The summed E-state index contributed by atoms with van der Waals surface area (Å²) in [5.74, 6) is -0.631. The summed E-state index contributed by atoms with van der Waals surface area (Å²) in [6.07, 6.45) is 2.21. The summed E-state index contributed by atoms with van der Waals surface area (Å²) < 4.78 is 5.56. The van der Waals surface area contributed by atoms with E-state index in [1.165, 1.54) is 6.26 Å². The fraction of sp³-hybridized carbons (Fsp3) is 0.368. The molecule has 0 bridgehead atoms. The summed E-state index contributed by atoms with van der Waals surface area (Å²) in [6.45, 7) is 5.96. The molecule has 4 heteroatoms. The molecule has 0 unspecified atom stereocenters. The highest BCUT2D eigenvalue weighted by atomic mass is 16.3. The third-order valence-electron chi connectivity index (χ3n) is 5.23. The molecule has 0 spiro atoms. The Morgan fingerprint density at radius 1 is 1.17 bits per heavy atom. The van der Waals surface area contributed by atoms with Gasteiger partial charge in [0.15, 0.2) is 0 Å². The molecule has 0 amide bonds. The van der Waals surface area contributed by atoms with E-state index in [1.54, 1.807) is 6.92 Å². The summed E-state index contributed by atoms with van der Waals surface area (Å²) >= 11 is 0. The van der Waals surface area contributed by atoms with E-state index in [9.17, 15) is 14.7 Å². The highest BCUT2D eigenvalue weighted by Crippen LogP contribution is 2.47. The molecule has 0 saturated carbocycles. The lowest BCUT2D eigenvalue weighted by atomic mass is 9.68. The van der Waals surface area contributed by atoms with Crippen molar-refractivity contribution in [2.75, 3.05) is 0 Å². The van der Waals surface area contributed by atoms with Crippen molar-refractivity contribution >= 4 is 11.6 Å². The van der Waals surface area contributed by atoms with Gasteiger partial charge in [-0.3, -0.25) is 9.59 Å². The number of furan rings is 1. The SMILES string of the molecule is Cc1coc2c1C(=O)C(=O)c1c-2ccc2c1[C@@H](O)CCC2(C)C. The fourth-order valence-electron chi connectivity index (χ4n) is 3.92. The average Bonchev–Trinajstić information content (AvgIpc) is 2.90. The van der Waals surface area contributed by atoms with Gasteiger partial charge in [-0.1, -0.05) is 26.0 Å². The van der Waals surface area contributed by atoms with Gasteiger partial charge in [-0.2, -0.15) is 0 Å². The van der Waals surface area contributed by atoms with Gasteiger partial charge in [-0.05, 0) is 41.9 Å². The maximum absolute atomic E-state index is 12.8. The number of Topliss-reactive ketones (excluding diaryl/α,β-unsaturated/α-hetero) is 2. The van der Waals surface area contributed by atoms with Crippen LogP contribution >= 0.6 is 0 Å². The van der Waals surface area contributed by atoms with Gasteiger partial charge in [0.2, 0.25) is 11.6 Å². The van der Waals surface area contributed by atoms with Crippen LogP contribution in [0, 0.1) is 6.92 Å². The molecule has 1 heterocycles. The summed E-state index contributed by atoms with van der Waals surface area (Å²) in [6, 6.07) is 3.81. The third kappa shape index (κ3) is 1.75. The van der Waals surface area contributed by atoms with Gasteiger partial charge in [0.25, 0.3) is 0 Å². The fourth-order valence-corrected chi connectivity index (χ4v) is 3.92. The van der Waals surface area contributed by atoms with Crippen molar-refractivity contribution < 1.29 is 19.1 Å². The predicted octanol–water partition coefficient (Wildman–Crippen LogP) is 3.74. The van der Waals surface area contributed by atoms with E-state index < -0.39 is 17.7 Å². The molecular formula is C19H18O4. The van der Waals surface area contributed by atoms with Crippen LogP contribution in [0.25, 0.3) is 11.3 Å². The van der Waals surface area contributed by atoms with Gasteiger partial charge in [0, 0.05) is 11.1 Å². The molecule has 1 N–H and O–H groups in total. The number of fused-ring (bicyclic) bond motifs is 5. The predicted molar refractivity (Wildman–Crippen MR) is 84.8 cm³/mol. The molecule has 1 aromatic carbocycles. The second kappa shape index (κ2) is 4.42. The van der Waals surface area contributed by atoms with Crippen LogP contribution in [0.1, 0.15) is 70.2 Å². The Kier molecular flexibility index (Phi) is 2.77. The minimum Gasteiger partial charge on any atom is -0.463 e. The first kappa shape index (κ1) is 14.4. The molecule has 23 heavy (non-hydrogen) atoms. The topological polar surface area (TPSA) is 67.5 Å². The molecule has 4 rings (SSSR count). The Morgan fingerprint density at radius 2 is 1.87 bits per heavy atom. The first-order valence-electron chi connectivity index (χ1n) is 7.86. The van der Waals surface area contributed by atoms with Crippen molar-refractivity contribution in [3.63, 3.8) is 0 Å². The van der Waals surface area contributed by atoms with Gasteiger partial charge in [-0.25, -0.2) is 0 Å². The number of aryl methyl sites for hydroxylation is 1. The minimum absolute atomic E-state index is 0.133. The number of carbonyl (C=O) groups excluding carboxylic acids is 2. The van der Waals surface area contributed by atoms with E-state index in [4.69, 9.17) is 4.42 Å². The lowest BCUT2D eigenvalue weighted by molar-refractivity contribution is 0.0807. The number of hydrogen-bond donors (Lipinski definition) is 1. The standard InChI is InChI=1S/C19H18O4/c1-9-8-23-18-10-4-5-11-15(12(20)6-7-19(11,2)3)14(10)17(22)16(21)13(9)18/h4-5,8,12,20H,6-7H2,1-3H3/t12-/m0/s1. The van der Waals surface area contributed by atoms with Crippen LogP contribution in [0.4, 0.5) is 0 Å². The molecule has 2 aliphatic rings. The van der Waals surface area contributed by atoms with E-state index in [-0.39, 0.29) is 5.41 Å². The van der Waals surface area contributed by atoms with Crippen LogP contribution in [0.15, 0.2) is 22.8 Å². The first-order valence-corrected chi connectivity index (χ1v) is 7.86. The quantitative estimate of drug-likeness (QED) is 0.753. The lowest BCUT2D eigenvalue weighted by Crippen LogP contribution is -2.31. The van der Waals surface area contributed by atoms with E-state index in [0.717, 1.165) is 12.0 Å². The van der Waals surface area contributed by atoms with Crippen molar-refractivity contribution in [1.29, 1.82) is 0 Å². The third-order valence-corrected chi connectivity index (χ3v) is 5.23. The zero-order valence-electron chi connectivity index (χ0n) is 13.4. The maximum Gasteiger partial charge on any atom is 0.237 e. The summed E-state index contributed by atoms with van der Waals surface area (Å²) in [5.41, 5.74) is 3.39. The van der Waals surface area contributed by atoms with E-state index in [0.29, 0.717) is 40.0 Å². The molecular weight excluding hydrogens is 292 g/mol. The molecule has 118 valence electrons. The maximum atomic E-state index is 12.8. The molecule has 2 aromatic rings. The Labute approximate surface area is 134 Å². The van der Waals surface area contributed by atoms with Gasteiger partial charge in [-0.15, -0.1) is 0 Å². The molecule has 1 atom stereocenters. The Morgan fingerprint density at radius 3 is 2.61 bits per heavy atom. The highest BCUT2D eigenvalue weighted by Gasteiger charge is 2.41. The Hall–Kier alpha value is -2.20. The van der Waals surface area contributed by atoms with Crippen molar-refractivity contribution in [3.8, 4) is 11.3 Å². The van der Waals surface area contributed by atoms with Gasteiger partial charge < -0.3 is 9.52 Å². The van der Waals surface area contributed by atoms with Crippen molar-refractivity contribution in [1.82, 2.24) is 0 Å². The lowest BCUT2D eigenvalue weighted by Gasteiger charge is -2.37. The average molecular weight is 310 g/mol. The van der Waals surface area contributed by atoms with Gasteiger partial charge in [0.1, 0.15) is 5.76 Å². The Bertz CT molecular complexity index is 870. The van der Waals surface area contributed by atoms with Crippen LogP contribution in [-0.4, -0.2) is 16.7 Å². The number of ketones is 2. The molecule has 0 aliphatic heterocycles. The minimum atomic E-state index is -0.720. The van der Waals surface area contributed by atoms with Crippen molar-refractivity contribution in [3.05, 3.63) is 46.2 Å². The zero-order valence-corrected chi connectivity index (χ0v) is 13.4. The van der Waals surface area contributed by atoms with Crippen LogP contribution in [0.2, 0.25) is 0 Å². The molecule has 4 nitrogen and oxygen atoms in total. The number of hydrogen-bond acceptors (Lipinski definition) is 4. The molecule has 0 fully saturated rings. The van der Waals surface area contributed by atoms with E-state index >= 15 is 0 Å². The zero-order chi connectivity index (χ0) is 16.5. The smallest absolute Gasteiger partial charge is 0.237 e. The molecule has 1 aromatic heterocycles. The monoisotopic (exact) mass is 310 g/mol. The number of rotatable bonds is 0. The van der Waals surface area contributed by atoms with Crippen LogP contribution in [-0.2, 0) is 5.41 Å². The number of carbonyl (C=O) groups is 2. The molecule has 0 radical (unpaired) electrons. The number of benzene rings is 1. The second-order valence-electron chi connectivity index (χ2n) is 7.17. The highest BCUT2D eigenvalue weighted by molar-refractivity contribution is 6.53. The van der Waals surface area contributed by atoms with Crippen LogP contribution < -0.4 is 0 Å². The normalized spacial score (nSPS) is 21.7. The molecule has 0 saturated heterocycles.